The van der Waals surface area contributed by atoms with Gasteiger partial charge in [0, 0.05) is 12.6 Å². The summed E-state index contributed by atoms with van der Waals surface area (Å²) in [4.78, 5) is 11.8. The zero-order chi connectivity index (χ0) is 17.1. The van der Waals surface area contributed by atoms with Crippen LogP contribution in [0.5, 0.6) is 0 Å². The fourth-order valence-corrected chi connectivity index (χ4v) is 3.24. The molecule has 1 atom stereocenters. The summed E-state index contributed by atoms with van der Waals surface area (Å²) in [5.41, 5.74) is 7.09. The van der Waals surface area contributed by atoms with E-state index in [0.717, 1.165) is 11.1 Å². The molecule has 3 aromatic rings. The van der Waals surface area contributed by atoms with Gasteiger partial charge in [0.2, 0.25) is 5.91 Å². The van der Waals surface area contributed by atoms with Gasteiger partial charge in [0.05, 0.1) is 0 Å². The molecule has 0 radical (unpaired) electrons. The van der Waals surface area contributed by atoms with Crippen LogP contribution in [-0.2, 0) is 11.8 Å². The average Bonchev–Trinajstić information content (AvgIpc) is 2.94. The highest BCUT2D eigenvalue weighted by atomic mass is 32.2. The van der Waals surface area contributed by atoms with Crippen LogP contribution in [0.2, 0.25) is 0 Å². The van der Waals surface area contributed by atoms with E-state index in [9.17, 15) is 9.18 Å². The van der Waals surface area contributed by atoms with Crippen LogP contribution in [0.4, 0.5) is 4.39 Å². The fourth-order valence-electron chi connectivity index (χ4n) is 2.29. The van der Waals surface area contributed by atoms with Crippen molar-refractivity contribution in [2.24, 2.45) is 12.8 Å². The van der Waals surface area contributed by atoms with Crippen LogP contribution in [0.25, 0.3) is 11.4 Å². The van der Waals surface area contributed by atoms with Crippen molar-refractivity contribution >= 4 is 17.7 Å². The molecule has 0 bridgehead atoms. The number of hydrogen-bond donors (Lipinski definition) is 1. The minimum atomic E-state index is -0.560. The Labute approximate surface area is 142 Å². The zero-order valence-corrected chi connectivity index (χ0v) is 13.7. The lowest BCUT2D eigenvalue weighted by atomic mass is 10.1. The Kier molecular flexibility index (Phi) is 4.61. The average molecular weight is 342 g/mol. The number of nitrogens with zero attached hydrogens (tertiary/aromatic N) is 3. The molecule has 2 N–H and O–H groups in total. The number of benzene rings is 2. The van der Waals surface area contributed by atoms with E-state index >= 15 is 0 Å². The topological polar surface area (TPSA) is 73.8 Å². The highest BCUT2D eigenvalue weighted by Gasteiger charge is 2.23. The van der Waals surface area contributed by atoms with Crippen LogP contribution in [-0.4, -0.2) is 20.7 Å². The van der Waals surface area contributed by atoms with Gasteiger partial charge in [-0.15, -0.1) is 10.2 Å². The lowest BCUT2D eigenvalue weighted by Crippen LogP contribution is -2.19. The van der Waals surface area contributed by atoms with Crippen molar-refractivity contribution in [1.82, 2.24) is 14.8 Å². The van der Waals surface area contributed by atoms with Crippen molar-refractivity contribution in [1.29, 1.82) is 0 Å². The molecule has 0 saturated carbocycles. The molecule has 5 nitrogen and oxygen atoms in total. The van der Waals surface area contributed by atoms with Gasteiger partial charge in [-0.05, 0) is 29.8 Å². The molecule has 122 valence electrons. The fraction of sp³-hybridized carbons (Fsp3) is 0.118. The summed E-state index contributed by atoms with van der Waals surface area (Å²) < 4.78 is 14.8. The number of carbonyl (C=O) groups excluding carboxylic acids is 1. The molecule has 0 aliphatic heterocycles. The third-order valence-corrected chi connectivity index (χ3v) is 4.83. The quantitative estimate of drug-likeness (QED) is 0.724. The minimum absolute atomic E-state index is 0.312. The van der Waals surface area contributed by atoms with Crippen molar-refractivity contribution in [2.75, 3.05) is 0 Å². The first-order chi connectivity index (χ1) is 11.6. The molecule has 1 amide bonds. The molecule has 0 saturated heterocycles. The van der Waals surface area contributed by atoms with E-state index in [2.05, 4.69) is 10.2 Å². The van der Waals surface area contributed by atoms with Crippen LogP contribution in [0.3, 0.4) is 0 Å². The van der Waals surface area contributed by atoms with Gasteiger partial charge in [0.15, 0.2) is 11.0 Å². The van der Waals surface area contributed by atoms with Crippen molar-refractivity contribution in [3.05, 3.63) is 66.0 Å². The van der Waals surface area contributed by atoms with Crippen molar-refractivity contribution < 1.29 is 9.18 Å². The molecule has 0 aliphatic rings. The standard InChI is InChI=1S/C17H15FN4OS/c1-22-16(12-7-9-13(18)10-8-12)20-21-17(22)24-14(15(19)23)11-5-3-2-4-6-11/h2-10,14H,1H3,(H2,19,23). The SMILES string of the molecule is Cn1c(SC(C(N)=O)c2ccccc2)nnc1-c1ccc(F)cc1. The van der Waals surface area contributed by atoms with E-state index in [1.54, 1.807) is 23.7 Å². The monoisotopic (exact) mass is 342 g/mol. The smallest absolute Gasteiger partial charge is 0.235 e. The first-order valence-electron chi connectivity index (χ1n) is 7.22. The molecule has 1 heterocycles. The molecular weight excluding hydrogens is 327 g/mol. The second-order valence-electron chi connectivity index (χ2n) is 5.18. The lowest BCUT2D eigenvalue weighted by Gasteiger charge is -2.12. The third-order valence-electron chi connectivity index (χ3n) is 3.52. The second kappa shape index (κ2) is 6.84. The van der Waals surface area contributed by atoms with Crippen LogP contribution in [0.15, 0.2) is 59.8 Å². The van der Waals surface area contributed by atoms with Gasteiger partial charge in [-0.25, -0.2) is 4.39 Å². The second-order valence-corrected chi connectivity index (χ2v) is 6.26. The summed E-state index contributed by atoms with van der Waals surface area (Å²) in [6.07, 6.45) is 0. The Morgan fingerprint density at radius 3 is 2.42 bits per heavy atom. The highest BCUT2D eigenvalue weighted by molar-refractivity contribution is 8.00. The summed E-state index contributed by atoms with van der Waals surface area (Å²) in [7, 11) is 1.80. The van der Waals surface area contributed by atoms with E-state index in [4.69, 9.17) is 5.73 Å². The van der Waals surface area contributed by atoms with Crippen LogP contribution in [0, 0.1) is 5.82 Å². The van der Waals surface area contributed by atoms with E-state index in [1.807, 2.05) is 30.3 Å². The first kappa shape index (κ1) is 16.2. The van der Waals surface area contributed by atoms with Gasteiger partial charge < -0.3 is 10.3 Å². The highest BCUT2D eigenvalue weighted by Crippen LogP contribution is 2.35. The Bertz CT molecular complexity index is 849. The number of primary amides is 1. The number of aromatic nitrogens is 3. The number of halogens is 1. The molecular formula is C17H15FN4OS. The maximum Gasteiger partial charge on any atom is 0.235 e. The number of rotatable bonds is 5. The van der Waals surface area contributed by atoms with E-state index < -0.39 is 11.2 Å². The molecule has 1 aromatic heterocycles. The molecule has 0 aliphatic carbocycles. The van der Waals surface area contributed by atoms with Crippen LogP contribution in [0.1, 0.15) is 10.8 Å². The number of carbonyl (C=O) groups is 1. The minimum Gasteiger partial charge on any atom is -0.368 e. The summed E-state index contributed by atoms with van der Waals surface area (Å²) in [6.45, 7) is 0. The van der Waals surface area contributed by atoms with E-state index in [-0.39, 0.29) is 5.82 Å². The van der Waals surface area contributed by atoms with E-state index in [1.165, 1.54) is 23.9 Å². The molecule has 0 spiro atoms. The largest absolute Gasteiger partial charge is 0.368 e. The first-order valence-corrected chi connectivity index (χ1v) is 8.10. The predicted octanol–water partition coefficient (Wildman–Crippen LogP) is 2.94. The molecule has 3 rings (SSSR count). The number of nitrogens with two attached hydrogens (primary N) is 1. The molecule has 7 heteroatoms. The summed E-state index contributed by atoms with van der Waals surface area (Å²) in [5, 5.41) is 8.27. The lowest BCUT2D eigenvalue weighted by molar-refractivity contribution is -0.117. The normalized spacial score (nSPS) is 12.1. The molecule has 1 unspecified atom stereocenters. The Morgan fingerprint density at radius 1 is 1.12 bits per heavy atom. The summed E-state index contributed by atoms with van der Waals surface area (Å²) in [6, 6.07) is 15.3. The number of thioether (sulfide) groups is 1. The van der Waals surface area contributed by atoms with Gasteiger partial charge in [-0.1, -0.05) is 42.1 Å². The summed E-state index contributed by atoms with van der Waals surface area (Å²) in [5.74, 6) is -0.167. The summed E-state index contributed by atoms with van der Waals surface area (Å²) >= 11 is 1.24. The Morgan fingerprint density at radius 2 is 1.79 bits per heavy atom. The van der Waals surface area contributed by atoms with Gasteiger partial charge in [-0.3, -0.25) is 4.79 Å². The van der Waals surface area contributed by atoms with Gasteiger partial charge >= 0.3 is 0 Å². The molecule has 24 heavy (non-hydrogen) atoms. The number of hydrogen-bond acceptors (Lipinski definition) is 4. The van der Waals surface area contributed by atoms with Crippen molar-refractivity contribution in [3.63, 3.8) is 0 Å². The maximum atomic E-state index is 13.1. The Balaban J connectivity index is 1.90. The van der Waals surface area contributed by atoms with Gasteiger partial charge in [0.25, 0.3) is 0 Å². The molecule has 0 fully saturated rings. The zero-order valence-electron chi connectivity index (χ0n) is 12.9. The van der Waals surface area contributed by atoms with Crippen LogP contribution < -0.4 is 5.73 Å². The maximum absolute atomic E-state index is 13.1. The van der Waals surface area contributed by atoms with E-state index in [0.29, 0.717) is 11.0 Å². The number of amides is 1. The Hall–Kier alpha value is -2.67. The van der Waals surface area contributed by atoms with Crippen LogP contribution >= 0.6 is 11.8 Å². The van der Waals surface area contributed by atoms with Gasteiger partial charge in [-0.2, -0.15) is 0 Å². The van der Waals surface area contributed by atoms with Crippen molar-refractivity contribution in [3.8, 4) is 11.4 Å². The molecule has 2 aromatic carbocycles. The predicted molar refractivity (Wildman–Crippen MR) is 90.6 cm³/mol. The third kappa shape index (κ3) is 3.30. The van der Waals surface area contributed by atoms with Crippen molar-refractivity contribution in [2.45, 2.75) is 10.4 Å². The van der Waals surface area contributed by atoms with Gasteiger partial charge in [0.1, 0.15) is 11.1 Å².